The number of nitrogens with zero attached hydrogens (tertiary/aromatic N) is 2. The standard InChI is InChI=1S/C23H20Cl2N2O4S/c24-18-7-5-17(6-8-18)15-26(32(29,30)20-11-9-19(25)10-12-20)16-23(28)27-13-14-31-22-4-2-1-3-21(22)27/h1-12H,13-16H2. The lowest BCUT2D eigenvalue weighted by Gasteiger charge is -2.31. The maximum Gasteiger partial charge on any atom is 0.243 e. The van der Waals surface area contributed by atoms with Gasteiger partial charge < -0.3 is 9.64 Å². The summed E-state index contributed by atoms with van der Waals surface area (Å²) in [6.07, 6.45) is 0. The fourth-order valence-electron chi connectivity index (χ4n) is 3.44. The smallest absolute Gasteiger partial charge is 0.243 e. The lowest BCUT2D eigenvalue weighted by molar-refractivity contribution is -0.119. The van der Waals surface area contributed by atoms with Crippen LogP contribution in [0.5, 0.6) is 5.75 Å². The molecule has 1 amide bonds. The molecule has 0 atom stereocenters. The fourth-order valence-corrected chi connectivity index (χ4v) is 5.07. The number of anilines is 1. The summed E-state index contributed by atoms with van der Waals surface area (Å²) in [5.41, 5.74) is 1.33. The lowest BCUT2D eigenvalue weighted by Crippen LogP contribution is -2.45. The van der Waals surface area contributed by atoms with Crippen molar-refractivity contribution in [1.29, 1.82) is 0 Å². The van der Waals surface area contributed by atoms with Crippen LogP contribution >= 0.6 is 23.2 Å². The Morgan fingerprint density at radius 3 is 2.25 bits per heavy atom. The normalized spacial score (nSPS) is 13.5. The van der Waals surface area contributed by atoms with E-state index in [0.29, 0.717) is 40.2 Å². The molecule has 3 aromatic carbocycles. The topological polar surface area (TPSA) is 66.9 Å². The van der Waals surface area contributed by atoms with Gasteiger partial charge in [0.2, 0.25) is 15.9 Å². The molecule has 0 saturated heterocycles. The van der Waals surface area contributed by atoms with Gasteiger partial charge in [-0.2, -0.15) is 4.31 Å². The van der Waals surface area contributed by atoms with Crippen molar-refractivity contribution in [1.82, 2.24) is 4.31 Å². The van der Waals surface area contributed by atoms with E-state index in [1.54, 1.807) is 41.3 Å². The molecule has 0 unspecified atom stereocenters. The summed E-state index contributed by atoms with van der Waals surface area (Å²) in [6.45, 7) is 0.358. The minimum Gasteiger partial charge on any atom is -0.490 e. The predicted molar refractivity (Wildman–Crippen MR) is 125 cm³/mol. The van der Waals surface area contributed by atoms with Gasteiger partial charge in [0.15, 0.2) is 0 Å². The first-order chi connectivity index (χ1) is 15.3. The van der Waals surface area contributed by atoms with Crippen LogP contribution in [0, 0.1) is 0 Å². The Labute approximate surface area is 197 Å². The Balaban J connectivity index is 1.65. The maximum absolute atomic E-state index is 13.4. The fraction of sp³-hybridized carbons (Fsp3) is 0.174. The molecular weight excluding hydrogens is 471 g/mol. The minimum absolute atomic E-state index is 0.0137. The first kappa shape index (κ1) is 22.6. The highest BCUT2D eigenvalue weighted by Crippen LogP contribution is 2.31. The molecule has 166 valence electrons. The number of benzene rings is 3. The Kier molecular flexibility index (Phi) is 6.71. The van der Waals surface area contributed by atoms with E-state index in [2.05, 4.69) is 0 Å². The first-order valence-electron chi connectivity index (χ1n) is 9.87. The van der Waals surface area contributed by atoms with Gasteiger partial charge in [0.05, 0.1) is 23.7 Å². The molecule has 6 nitrogen and oxygen atoms in total. The number of rotatable bonds is 6. The van der Waals surface area contributed by atoms with Crippen LogP contribution in [-0.2, 0) is 21.4 Å². The molecule has 0 spiro atoms. The number of hydrogen-bond donors (Lipinski definition) is 0. The summed E-state index contributed by atoms with van der Waals surface area (Å²) >= 11 is 11.9. The van der Waals surface area contributed by atoms with Crippen molar-refractivity contribution in [2.75, 3.05) is 24.6 Å². The molecule has 9 heteroatoms. The molecular formula is C23H20Cl2N2O4S. The van der Waals surface area contributed by atoms with Crippen molar-refractivity contribution in [2.45, 2.75) is 11.4 Å². The van der Waals surface area contributed by atoms with Crippen LogP contribution in [0.1, 0.15) is 5.56 Å². The van der Waals surface area contributed by atoms with E-state index in [4.69, 9.17) is 27.9 Å². The zero-order valence-corrected chi connectivity index (χ0v) is 19.3. The molecule has 1 heterocycles. The molecule has 4 rings (SSSR count). The number of para-hydroxylation sites is 2. The van der Waals surface area contributed by atoms with E-state index in [1.165, 1.54) is 28.6 Å². The van der Waals surface area contributed by atoms with Gasteiger partial charge in [-0.15, -0.1) is 0 Å². The summed E-state index contributed by atoms with van der Waals surface area (Å²) in [5.74, 6) is 0.254. The number of ether oxygens (including phenoxy) is 1. The van der Waals surface area contributed by atoms with Crippen LogP contribution in [-0.4, -0.2) is 38.3 Å². The van der Waals surface area contributed by atoms with Crippen molar-refractivity contribution in [3.05, 3.63) is 88.4 Å². The summed E-state index contributed by atoms with van der Waals surface area (Å²) in [5, 5.41) is 0.969. The number of halogens is 2. The maximum atomic E-state index is 13.4. The van der Waals surface area contributed by atoms with Crippen LogP contribution < -0.4 is 9.64 Å². The monoisotopic (exact) mass is 490 g/mol. The van der Waals surface area contributed by atoms with Crippen LogP contribution in [0.4, 0.5) is 5.69 Å². The number of carbonyl (C=O) groups excluding carboxylic acids is 1. The minimum atomic E-state index is -3.97. The van der Waals surface area contributed by atoms with E-state index >= 15 is 0 Å². The van der Waals surface area contributed by atoms with Gasteiger partial charge in [0.25, 0.3) is 0 Å². The highest BCUT2D eigenvalue weighted by molar-refractivity contribution is 7.89. The number of hydrogen-bond acceptors (Lipinski definition) is 4. The van der Waals surface area contributed by atoms with Gasteiger partial charge >= 0.3 is 0 Å². The number of amides is 1. The molecule has 1 aliphatic rings. The molecule has 0 radical (unpaired) electrons. The second kappa shape index (κ2) is 9.50. The summed E-state index contributed by atoms with van der Waals surface area (Å²) < 4.78 is 33.7. The van der Waals surface area contributed by atoms with Crippen molar-refractivity contribution >= 4 is 44.8 Å². The highest BCUT2D eigenvalue weighted by Gasteiger charge is 2.31. The SMILES string of the molecule is O=C(CN(Cc1ccc(Cl)cc1)S(=O)(=O)c1ccc(Cl)cc1)N1CCOc2ccccc21. The molecule has 0 saturated carbocycles. The zero-order valence-electron chi connectivity index (χ0n) is 16.9. The average molecular weight is 491 g/mol. The molecule has 0 fully saturated rings. The van der Waals surface area contributed by atoms with Gasteiger partial charge in [-0.1, -0.05) is 47.5 Å². The number of sulfonamides is 1. The van der Waals surface area contributed by atoms with Crippen molar-refractivity contribution in [3.63, 3.8) is 0 Å². The van der Waals surface area contributed by atoms with Crippen molar-refractivity contribution in [3.8, 4) is 5.75 Å². The van der Waals surface area contributed by atoms with E-state index in [-0.39, 0.29) is 23.9 Å². The third-order valence-electron chi connectivity index (χ3n) is 5.06. The molecule has 32 heavy (non-hydrogen) atoms. The first-order valence-corrected chi connectivity index (χ1v) is 12.1. The highest BCUT2D eigenvalue weighted by atomic mass is 35.5. The zero-order chi connectivity index (χ0) is 22.7. The van der Waals surface area contributed by atoms with Crippen LogP contribution in [0.25, 0.3) is 0 Å². The van der Waals surface area contributed by atoms with Gasteiger partial charge in [0, 0.05) is 16.6 Å². The van der Waals surface area contributed by atoms with E-state index in [1.807, 2.05) is 12.1 Å². The third-order valence-corrected chi connectivity index (χ3v) is 7.37. The Hall–Kier alpha value is -2.58. The second-order valence-corrected chi connectivity index (χ2v) is 10.0. The van der Waals surface area contributed by atoms with Crippen molar-refractivity contribution in [2.24, 2.45) is 0 Å². The van der Waals surface area contributed by atoms with Gasteiger partial charge in [-0.05, 0) is 54.1 Å². The molecule has 1 aliphatic heterocycles. The number of carbonyl (C=O) groups is 1. The van der Waals surface area contributed by atoms with Gasteiger partial charge in [-0.25, -0.2) is 8.42 Å². The Morgan fingerprint density at radius 1 is 0.938 bits per heavy atom. The molecule has 3 aromatic rings. The Bertz CT molecular complexity index is 1220. The predicted octanol–water partition coefficient (Wildman–Crippen LogP) is 4.61. The van der Waals surface area contributed by atoms with Crippen LogP contribution in [0.2, 0.25) is 10.0 Å². The lowest BCUT2D eigenvalue weighted by atomic mass is 10.2. The molecule has 0 N–H and O–H groups in total. The van der Waals surface area contributed by atoms with Gasteiger partial charge in [0.1, 0.15) is 12.4 Å². The number of fused-ring (bicyclic) bond motifs is 1. The van der Waals surface area contributed by atoms with Crippen LogP contribution in [0.3, 0.4) is 0 Å². The molecule has 0 aliphatic carbocycles. The molecule has 0 bridgehead atoms. The van der Waals surface area contributed by atoms with E-state index in [0.717, 1.165) is 0 Å². The summed E-state index contributed by atoms with van der Waals surface area (Å²) in [7, 11) is -3.97. The van der Waals surface area contributed by atoms with E-state index in [9.17, 15) is 13.2 Å². The Morgan fingerprint density at radius 2 is 1.56 bits per heavy atom. The van der Waals surface area contributed by atoms with Crippen LogP contribution in [0.15, 0.2) is 77.7 Å². The third kappa shape index (κ3) is 4.91. The van der Waals surface area contributed by atoms with Crippen molar-refractivity contribution < 1.29 is 17.9 Å². The summed E-state index contributed by atoms with van der Waals surface area (Å²) in [6, 6.07) is 19.9. The molecule has 0 aromatic heterocycles. The largest absolute Gasteiger partial charge is 0.490 e. The van der Waals surface area contributed by atoms with E-state index < -0.39 is 10.0 Å². The average Bonchev–Trinajstić information content (AvgIpc) is 2.80. The van der Waals surface area contributed by atoms with Gasteiger partial charge in [-0.3, -0.25) is 4.79 Å². The second-order valence-electron chi connectivity index (χ2n) is 7.22. The quantitative estimate of drug-likeness (QED) is 0.505. The summed E-state index contributed by atoms with van der Waals surface area (Å²) in [4.78, 5) is 14.9.